The quantitative estimate of drug-likeness (QED) is 0.679. The normalized spacial score (nSPS) is 15.5. The van der Waals surface area contributed by atoms with Gasteiger partial charge < -0.3 is 9.88 Å². The number of carbonyl (C=O) groups excluding carboxylic acids is 1. The number of amides is 1. The molecule has 0 atom stereocenters. The molecule has 2 aromatic heterocycles. The van der Waals surface area contributed by atoms with Gasteiger partial charge in [0, 0.05) is 19.0 Å². The van der Waals surface area contributed by atoms with E-state index in [0.29, 0.717) is 27.6 Å². The van der Waals surface area contributed by atoms with Gasteiger partial charge >= 0.3 is 0 Å². The molecule has 1 aliphatic carbocycles. The van der Waals surface area contributed by atoms with Crippen LogP contribution in [0.15, 0.2) is 23.4 Å². The molecule has 1 saturated carbocycles. The van der Waals surface area contributed by atoms with Crippen molar-refractivity contribution in [2.45, 2.75) is 37.3 Å². The summed E-state index contributed by atoms with van der Waals surface area (Å²) in [7, 11) is 1.86. The lowest BCUT2D eigenvalue weighted by Gasteiger charge is -2.21. The summed E-state index contributed by atoms with van der Waals surface area (Å²) in [5, 5.41) is 12.5. The van der Waals surface area contributed by atoms with Crippen molar-refractivity contribution in [3.05, 3.63) is 24.0 Å². The standard InChI is InChI=1S/C19H22FN5OS/c1-25-15-8-7-13(20)9-14(15)17-18(25)22-19(24-23-17)27-11-16(26)21-10-12-5-3-2-4-6-12/h7-9,12H,2-6,10-11H2,1H3,(H,21,26). The average Bonchev–Trinajstić information content (AvgIpc) is 2.97. The van der Waals surface area contributed by atoms with E-state index in [0.717, 1.165) is 12.1 Å². The van der Waals surface area contributed by atoms with E-state index in [-0.39, 0.29) is 17.5 Å². The third-order valence-electron chi connectivity index (χ3n) is 5.19. The highest BCUT2D eigenvalue weighted by Crippen LogP contribution is 2.27. The van der Waals surface area contributed by atoms with E-state index in [1.807, 2.05) is 11.6 Å². The average molecular weight is 387 g/mol. The fourth-order valence-corrected chi connectivity index (χ4v) is 4.32. The van der Waals surface area contributed by atoms with Gasteiger partial charge in [0.05, 0.1) is 11.3 Å². The maximum absolute atomic E-state index is 13.5. The zero-order valence-corrected chi connectivity index (χ0v) is 16.1. The van der Waals surface area contributed by atoms with Crippen molar-refractivity contribution >= 4 is 39.7 Å². The van der Waals surface area contributed by atoms with Gasteiger partial charge in [0.15, 0.2) is 5.65 Å². The van der Waals surface area contributed by atoms with Gasteiger partial charge in [-0.15, -0.1) is 10.2 Å². The Bertz CT molecular complexity index is 983. The van der Waals surface area contributed by atoms with E-state index in [9.17, 15) is 9.18 Å². The summed E-state index contributed by atoms with van der Waals surface area (Å²) in [6.45, 7) is 0.756. The Balaban J connectivity index is 1.42. The molecule has 27 heavy (non-hydrogen) atoms. The Morgan fingerprint density at radius 1 is 1.30 bits per heavy atom. The van der Waals surface area contributed by atoms with Crippen LogP contribution in [0.4, 0.5) is 4.39 Å². The molecular formula is C19H22FN5OS. The molecule has 0 spiro atoms. The van der Waals surface area contributed by atoms with Crippen molar-refractivity contribution < 1.29 is 9.18 Å². The summed E-state index contributed by atoms with van der Waals surface area (Å²) in [6, 6.07) is 4.57. The smallest absolute Gasteiger partial charge is 0.230 e. The summed E-state index contributed by atoms with van der Waals surface area (Å²) >= 11 is 1.27. The molecule has 1 fully saturated rings. The zero-order chi connectivity index (χ0) is 18.8. The summed E-state index contributed by atoms with van der Waals surface area (Å²) < 4.78 is 15.4. The molecule has 1 N–H and O–H groups in total. The van der Waals surface area contributed by atoms with Crippen molar-refractivity contribution in [2.24, 2.45) is 13.0 Å². The molecule has 1 aromatic carbocycles. The van der Waals surface area contributed by atoms with E-state index in [1.165, 1.54) is 56.0 Å². The number of fused-ring (bicyclic) bond motifs is 3. The fraction of sp³-hybridized carbons (Fsp3) is 0.474. The van der Waals surface area contributed by atoms with E-state index in [2.05, 4.69) is 20.5 Å². The van der Waals surface area contributed by atoms with Crippen LogP contribution in [0, 0.1) is 11.7 Å². The van der Waals surface area contributed by atoms with Gasteiger partial charge in [-0.3, -0.25) is 4.79 Å². The van der Waals surface area contributed by atoms with Crippen LogP contribution in [0.1, 0.15) is 32.1 Å². The minimum atomic E-state index is -0.315. The Labute approximate surface area is 160 Å². The maximum Gasteiger partial charge on any atom is 0.230 e. The molecule has 1 aliphatic rings. The molecule has 0 aliphatic heterocycles. The molecule has 0 saturated heterocycles. The largest absolute Gasteiger partial charge is 0.355 e. The number of rotatable bonds is 5. The van der Waals surface area contributed by atoms with Gasteiger partial charge in [0.2, 0.25) is 11.1 Å². The first-order chi connectivity index (χ1) is 13.1. The lowest BCUT2D eigenvalue weighted by atomic mass is 9.89. The third kappa shape index (κ3) is 3.90. The van der Waals surface area contributed by atoms with E-state index in [4.69, 9.17) is 0 Å². The predicted octanol–water partition coefficient (Wildman–Crippen LogP) is 3.44. The first-order valence-electron chi connectivity index (χ1n) is 9.29. The second-order valence-corrected chi connectivity index (χ2v) is 8.03. The number of aromatic nitrogens is 4. The number of hydrogen-bond donors (Lipinski definition) is 1. The number of benzene rings is 1. The first-order valence-corrected chi connectivity index (χ1v) is 10.3. The Kier molecular flexibility index (Phi) is 5.24. The van der Waals surface area contributed by atoms with Gasteiger partial charge in [0.25, 0.3) is 0 Å². The second-order valence-electron chi connectivity index (χ2n) is 7.08. The summed E-state index contributed by atoms with van der Waals surface area (Å²) in [5.41, 5.74) is 2.05. The van der Waals surface area contributed by atoms with Crippen molar-refractivity contribution in [3.8, 4) is 0 Å². The van der Waals surface area contributed by atoms with Crippen molar-refractivity contribution in [1.82, 2.24) is 25.1 Å². The van der Waals surface area contributed by atoms with Gasteiger partial charge in [-0.2, -0.15) is 0 Å². The second kappa shape index (κ2) is 7.80. The number of carbonyl (C=O) groups is 1. The van der Waals surface area contributed by atoms with Crippen molar-refractivity contribution in [3.63, 3.8) is 0 Å². The van der Waals surface area contributed by atoms with Crippen LogP contribution in [0.3, 0.4) is 0 Å². The lowest BCUT2D eigenvalue weighted by molar-refractivity contribution is -0.118. The van der Waals surface area contributed by atoms with Crippen molar-refractivity contribution in [1.29, 1.82) is 0 Å². The van der Waals surface area contributed by atoms with Gasteiger partial charge in [-0.1, -0.05) is 31.0 Å². The lowest BCUT2D eigenvalue weighted by Crippen LogP contribution is -2.31. The third-order valence-corrected chi connectivity index (χ3v) is 6.02. The molecule has 4 rings (SSSR count). The van der Waals surface area contributed by atoms with Crippen LogP contribution in [-0.4, -0.2) is 38.0 Å². The molecule has 3 aromatic rings. The SMILES string of the molecule is Cn1c2ccc(F)cc2c2nnc(SCC(=O)NCC3CCCCC3)nc21. The van der Waals surface area contributed by atoms with Gasteiger partial charge in [-0.25, -0.2) is 9.37 Å². The zero-order valence-electron chi connectivity index (χ0n) is 15.2. The summed E-state index contributed by atoms with van der Waals surface area (Å²) in [4.78, 5) is 16.6. The number of halogens is 1. The fourth-order valence-electron chi connectivity index (χ4n) is 3.71. The number of hydrogen-bond acceptors (Lipinski definition) is 5. The molecule has 1 amide bonds. The molecule has 142 valence electrons. The first kappa shape index (κ1) is 18.2. The minimum Gasteiger partial charge on any atom is -0.355 e. The monoisotopic (exact) mass is 387 g/mol. The van der Waals surface area contributed by atoms with E-state index < -0.39 is 0 Å². The van der Waals surface area contributed by atoms with Crippen LogP contribution in [0.5, 0.6) is 0 Å². The highest BCUT2D eigenvalue weighted by atomic mass is 32.2. The van der Waals surface area contributed by atoms with Crippen LogP contribution in [0.25, 0.3) is 22.1 Å². The molecule has 0 bridgehead atoms. The minimum absolute atomic E-state index is 0.00613. The predicted molar refractivity (Wildman–Crippen MR) is 104 cm³/mol. The van der Waals surface area contributed by atoms with Crippen molar-refractivity contribution in [2.75, 3.05) is 12.3 Å². The Morgan fingerprint density at radius 2 is 2.11 bits per heavy atom. The van der Waals surface area contributed by atoms with Crippen LogP contribution in [0.2, 0.25) is 0 Å². The number of thioether (sulfide) groups is 1. The summed E-state index contributed by atoms with van der Waals surface area (Å²) in [5.74, 6) is 0.551. The van der Waals surface area contributed by atoms with Gasteiger partial charge in [-0.05, 0) is 37.0 Å². The molecule has 0 unspecified atom stereocenters. The molecule has 0 radical (unpaired) electrons. The molecule has 8 heteroatoms. The van der Waals surface area contributed by atoms with E-state index in [1.54, 1.807) is 6.07 Å². The molecular weight excluding hydrogens is 365 g/mol. The highest BCUT2D eigenvalue weighted by molar-refractivity contribution is 7.99. The van der Waals surface area contributed by atoms with Gasteiger partial charge in [0.1, 0.15) is 11.3 Å². The molecule has 6 nitrogen and oxygen atoms in total. The maximum atomic E-state index is 13.5. The summed E-state index contributed by atoms with van der Waals surface area (Å²) in [6.07, 6.45) is 6.26. The highest BCUT2D eigenvalue weighted by Gasteiger charge is 2.16. The topological polar surface area (TPSA) is 72.7 Å². The number of aryl methyl sites for hydroxylation is 1. The van der Waals surface area contributed by atoms with E-state index >= 15 is 0 Å². The molecule has 2 heterocycles. The Morgan fingerprint density at radius 3 is 2.93 bits per heavy atom. The van der Waals surface area contributed by atoms with Crippen LogP contribution >= 0.6 is 11.8 Å². The van der Waals surface area contributed by atoms with Crippen LogP contribution in [-0.2, 0) is 11.8 Å². The Hall–Kier alpha value is -2.22. The number of nitrogens with zero attached hydrogens (tertiary/aromatic N) is 4. The van der Waals surface area contributed by atoms with Crippen LogP contribution < -0.4 is 5.32 Å². The number of nitrogens with one attached hydrogen (secondary N) is 1.